The van der Waals surface area contributed by atoms with Crippen molar-refractivity contribution < 1.29 is 18.0 Å². The second kappa shape index (κ2) is 4.51. The number of carbonyl (C=O) groups is 1. The summed E-state index contributed by atoms with van der Waals surface area (Å²) in [5.41, 5.74) is -0.700. The SMILES string of the molecule is CC=CC(=O)c1cccc(C(F)(F)F)c1C. The van der Waals surface area contributed by atoms with Crippen LogP contribution in [0.4, 0.5) is 13.2 Å². The molecule has 0 saturated heterocycles. The van der Waals surface area contributed by atoms with Crippen molar-refractivity contribution in [3.63, 3.8) is 0 Å². The molecule has 0 radical (unpaired) electrons. The maximum Gasteiger partial charge on any atom is 0.416 e. The summed E-state index contributed by atoms with van der Waals surface area (Å²) in [4.78, 5) is 11.5. The van der Waals surface area contributed by atoms with Gasteiger partial charge in [-0.1, -0.05) is 18.2 Å². The monoisotopic (exact) mass is 228 g/mol. The molecular formula is C12H11F3O. The van der Waals surface area contributed by atoms with Crippen molar-refractivity contribution in [2.24, 2.45) is 0 Å². The Hall–Kier alpha value is -1.58. The van der Waals surface area contributed by atoms with Gasteiger partial charge in [-0.15, -0.1) is 0 Å². The van der Waals surface area contributed by atoms with E-state index in [9.17, 15) is 18.0 Å². The van der Waals surface area contributed by atoms with Gasteiger partial charge < -0.3 is 0 Å². The molecule has 0 aliphatic rings. The Morgan fingerprint density at radius 3 is 2.44 bits per heavy atom. The van der Waals surface area contributed by atoms with Crippen molar-refractivity contribution in [2.75, 3.05) is 0 Å². The molecule has 0 N–H and O–H groups in total. The highest BCUT2D eigenvalue weighted by Crippen LogP contribution is 2.32. The van der Waals surface area contributed by atoms with Gasteiger partial charge in [-0.05, 0) is 31.6 Å². The number of ketones is 1. The number of halogens is 3. The van der Waals surface area contributed by atoms with Crippen LogP contribution < -0.4 is 0 Å². The summed E-state index contributed by atoms with van der Waals surface area (Å²) in [7, 11) is 0. The third-order valence-electron chi connectivity index (χ3n) is 2.22. The van der Waals surface area contributed by atoms with Crippen LogP contribution in [-0.2, 0) is 6.18 Å². The molecule has 1 nitrogen and oxygen atoms in total. The molecule has 1 aromatic carbocycles. The molecule has 4 heteroatoms. The van der Waals surface area contributed by atoms with Crippen molar-refractivity contribution in [3.05, 3.63) is 47.0 Å². The Kier molecular flexibility index (Phi) is 3.52. The Bertz CT molecular complexity index is 430. The van der Waals surface area contributed by atoms with Crippen molar-refractivity contribution >= 4 is 5.78 Å². The minimum Gasteiger partial charge on any atom is -0.289 e. The first-order valence-corrected chi connectivity index (χ1v) is 4.71. The second-order valence-corrected chi connectivity index (χ2v) is 3.34. The molecule has 0 atom stereocenters. The number of rotatable bonds is 2. The van der Waals surface area contributed by atoms with Crippen LogP contribution in [0.2, 0.25) is 0 Å². The number of alkyl halides is 3. The molecule has 16 heavy (non-hydrogen) atoms. The highest BCUT2D eigenvalue weighted by molar-refractivity contribution is 6.05. The predicted octanol–water partition coefficient (Wildman–Crippen LogP) is 3.77. The predicted molar refractivity (Wildman–Crippen MR) is 55.3 cm³/mol. The summed E-state index contributed by atoms with van der Waals surface area (Å²) in [6, 6.07) is 3.61. The standard InChI is InChI=1S/C12H11F3O/c1-3-5-11(16)9-6-4-7-10(8(9)2)12(13,14)15/h3-7H,1-2H3. The summed E-state index contributed by atoms with van der Waals surface area (Å²) >= 11 is 0. The molecule has 0 unspecified atom stereocenters. The molecular weight excluding hydrogens is 217 g/mol. The normalized spacial score (nSPS) is 12.1. The first-order valence-electron chi connectivity index (χ1n) is 4.71. The number of hydrogen-bond donors (Lipinski definition) is 0. The maximum atomic E-state index is 12.5. The molecule has 0 heterocycles. The summed E-state index contributed by atoms with van der Waals surface area (Å²) < 4.78 is 37.6. The maximum absolute atomic E-state index is 12.5. The van der Waals surface area contributed by atoms with Crippen LogP contribution in [0.15, 0.2) is 30.4 Å². The van der Waals surface area contributed by atoms with Crippen LogP contribution >= 0.6 is 0 Å². The van der Waals surface area contributed by atoms with E-state index in [4.69, 9.17) is 0 Å². The lowest BCUT2D eigenvalue weighted by Gasteiger charge is -2.12. The fourth-order valence-corrected chi connectivity index (χ4v) is 1.45. The van der Waals surface area contributed by atoms with Crippen LogP contribution in [0, 0.1) is 6.92 Å². The zero-order chi connectivity index (χ0) is 12.3. The van der Waals surface area contributed by atoms with E-state index in [2.05, 4.69) is 0 Å². The number of allylic oxidation sites excluding steroid dienone is 2. The van der Waals surface area contributed by atoms with E-state index in [1.54, 1.807) is 6.92 Å². The van der Waals surface area contributed by atoms with Gasteiger partial charge in [-0.2, -0.15) is 13.2 Å². The molecule has 0 amide bonds. The van der Waals surface area contributed by atoms with Gasteiger partial charge >= 0.3 is 6.18 Å². The highest BCUT2D eigenvalue weighted by Gasteiger charge is 2.33. The Balaban J connectivity index is 3.30. The van der Waals surface area contributed by atoms with Gasteiger partial charge in [-0.25, -0.2) is 0 Å². The molecule has 0 saturated carbocycles. The summed E-state index contributed by atoms with van der Waals surface area (Å²) in [6.07, 6.45) is -1.67. The van der Waals surface area contributed by atoms with Gasteiger partial charge in [0.15, 0.2) is 5.78 Å². The van der Waals surface area contributed by atoms with E-state index < -0.39 is 17.5 Å². The van der Waals surface area contributed by atoms with E-state index in [1.165, 1.54) is 31.2 Å². The molecule has 1 rings (SSSR count). The molecule has 0 aliphatic carbocycles. The largest absolute Gasteiger partial charge is 0.416 e. The van der Waals surface area contributed by atoms with Crippen molar-refractivity contribution in [2.45, 2.75) is 20.0 Å². The minimum absolute atomic E-state index is 0.0295. The average Bonchev–Trinajstić information content (AvgIpc) is 2.16. The number of benzene rings is 1. The summed E-state index contributed by atoms with van der Waals surface area (Å²) in [6.45, 7) is 2.94. The molecule has 0 aromatic heterocycles. The van der Waals surface area contributed by atoms with Crippen LogP contribution in [0.25, 0.3) is 0 Å². The molecule has 0 fully saturated rings. The van der Waals surface area contributed by atoms with Crippen LogP contribution in [0.3, 0.4) is 0 Å². The van der Waals surface area contributed by atoms with Crippen LogP contribution in [0.1, 0.15) is 28.4 Å². The van der Waals surface area contributed by atoms with E-state index in [-0.39, 0.29) is 11.1 Å². The highest BCUT2D eigenvalue weighted by atomic mass is 19.4. The zero-order valence-corrected chi connectivity index (χ0v) is 8.93. The van der Waals surface area contributed by atoms with E-state index >= 15 is 0 Å². The minimum atomic E-state index is -4.42. The van der Waals surface area contributed by atoms with Gasteiger partial charge in [0.1, 0.15) is 0 Å². The van der Waals surface area contributed by atoms with Gasteiger partial charge in [-0.3, -0.25) is 4.79 Å². The number of carbonyl (C=O) groups excluding carboxylic acids is 1. The molecule has 0 bridgehead atoms. The fourth-order valence-electron chi connectivity index (χ4n) is 1.45. The quantitative estimate of drug-likeness (QED) is 0.556. The van der Waals surface area contributed by atoms with Gasteiger partial charge in [0.25, 0.3) is 0 Å². The third-order valence-corrected chi connectivity index (χ3v) is 2.22. The van der Waals surface area contributed by atoms with Crippen molar-refractivity contribution in [1.29, 1.82) is 0 Å². The first-order chi connectivity index (χ1) is 7.38. The smallest absolute Gasteiger partial charge is 0.289 e. The third kappa shape index (κ3) is 2.51. The Labute approximate surface area is 91.6 Å². The molecule has 1 aromatic rings. The molecule has 0 aliphatic heterocycles. The fraction of sp³-hybridized carbons (Fsp3) is 0.250. The van der Waals surface area contributed by atoms with Gasteiger partial charge in [0.05, 0.1) is 5.56 Å². The number of hydrogen-bond acceptors (Lipinski definition) is 1. The topological polar surface area (TPSA) is 17.1 Å². The summed E-state index contributed by atoms with van der Waals surface area (Å²) in [5, 5.41) is 0. The Morgan fingerprint density at radius 2 is 1.94 bits per heavy atom. The molecule has 86 valence electrons. The first kappa shape index (κ1) is 12.5. The van der Waals surface area contributed by atoms with Crippen LogP contribution in [0.5, 0.6) is 0 Å². The lowest BCUT2D eigenvalue weighted by atomic mass is 9.99. The lowest BCUT2D eigenvalue weighted by Crippen LogP contribution is -2.10. The van der Waals surface area contributed by atoms with Crippen LogP contribution in [-0.4, -0.2) is 5.78 Å². The van der Waals surface area contributed by atoms with Gasteiger partial charge in [0, 0.05) is 5.56 Å². The second-order valence-electron chi connectivity index (χ2n) is 3.34. The summed E-state index contributed by atoms with van der Waals surface area (Å²) in [5.74, 6) is -0.411. The van der Waals surface area contributed by atoms with E-state index in [0.29, 0.717) is 0 Å². The van der Waals surface area contributed by atoms with E-state index in [1.807, 2.05) is 0 Å². The lowest BCUT2D eigenvalue weighted by molar-refractivity contribution is -0.138. The van der Waals surface area contributed by atoms with Crippen molar-refractivity contribution in [3.8, 4) is 0 Å². The molecule has 0 spiro atoms. The van der Waals surface area contributed by atoms with E-state index in [0.717, 1.165) is 6.07 Å². The van der Waals surface area contributed by atoms with Crippen molar-refractivity contribution in [1.82, 2.24) is 0 Å². The zero-order valence-electron chi connectivity index (χ0n) is 8.93. The van der Waals surface area contributed by atoms with Gasteiger partial charge in [0.2, 0.25) is 0 Å². The average molecular weight is 228 g/mol. The Morgan fingerprint density at radius 1 is 1.31 bits per heavy atom.